The summed E-state index contributed by atoms with van der Waals surface area (Å²) >= 11 is 0. The van der Waals surface area contributed by atoms with Crippen LogP contribution in [0.25, 0.3) is 0 Å². The third-order valence-corrected chi connectivity index (χ3v) is 5.47. The molecule has 4 rings (SSSR count). The minimum absolute atomic E-state index is 0.0870. The molecule has 2 aromatic rings. The van der Waals surface area contributed by atoms with E-state index in [2.05, 4.69) is 35.6 Å². The Labute approximate surface area is 166 Å². The van der Waals surface area contributed by atoms with Crippen molar-refractivity contribution in [1.82, 2.24) is 5.32 Å². The zero-order valence-electron chi connectivity index (χ0n) is 16.2. The van der Waals surface area contributed by atoms with Crippen molar-refractivity contribution in [3.05, 3.63) is 60.2 Å². The molecular weight excluding hydrogens is 354 g/mol. The Hall–Kier alpha value is -2.57. The van der Waals surface area contributed by atoms with Gasteiger partial charge in [0.05, 0.1) is 6.54 Å². The minimum atomic E-state index is -0.138. The monoisotopic (exact) mass is 383 g/mol. The number of hydrogen-bond donors (Lipinski definition) is 3. The standard InChI is InChI=1S/C22H27N3O3/c26-22(23-14-19-17-27-20-8-4-5-9-21(20)28-19)16-25-12-10-24(11-13-25)15-18-6-2-1-3-7-18/h1-9,19H,10-17H2,(H,23,26)/p+2/t19-/m0/s1. The molecule has 6 nitrogen and oxygen atoms in total. The number of hydrogen-bond acceptors (Lipinski definition) is 3. The molecule has 1 fully saturated rings. The number of quaternary nitrogens is 2. The van der Waals surface area contributed by atoms with Crippen molar-refractivity contribution in [2.45, 2.75) is 12.6 Å². The summed E-state index contributed by atoms with van der Waals surface area (Å²) in [6.45, 7) is 6.82. The van der Waals surface area contributed by atoms with E-state index in [0.717, 1.165) is 44.2 Å². The molecule has 0 bridgehead atoms. The molecule has 0 unspecified atom stereocenters. The predicted octanol–water partition coefficient (Wildman–Crippen LogP) is -1.07. The maximum atomic E-state index is 12.3. The highest BCUT2D eigenvalue weighted by molar-refractivity contribution is 5.76. The molecule has 2 aliphatic rings. The number of piperazine rings is 1. The Morgan fingerprint density at radius 3 is 2.39 bits per heavy atom. The van der Waals surface area contributed by atoms with Gasteiger partial charge in [0, 0.05) is 5.56 Å². The van der Waals surface area contributed by atoms with Crippen LogP contribution in [-0.4, -0.2) is 57.9 Å². The van der Waals surface area contributed by atoms with Gasteiger partial charge in [0.25, 0.3) is 5.91 Å². The van der Waals surface area contributed by atoms with Gasteiger partial charge in [-0.05, 0) is 12.1 Å². The largest absolute Gasteiger partial charge is 0.486 e. The summed E-state index contributed by atoms with van der Waals surface area (Å²) < 4.78 is 11.6. The van der Waals surface area contributed by atoms with E-state index in [4.69, 9.17) is 9.47 Å². The summed E-state index contributed by atoms with van der Waals surface area (Å²) in [7, 11) is 0. The van der Waals surface area contributed by atoms with Gasteiger partial charge < -0.3 is 24.6 Å². The maximum Gasteiger partial charge on any atom is 0.275 e. The number of benzene rings is 2. The first-order valence-electron chi connectivity index (χ1n) is 10.1. The molecule has 0 aliphatic carbocycles. The molecule has 0 saturated carbocycles. The molecule has 2 aromatic carbocycles. The van der Waals surface area contributed by atoms with Crippen molar-refractivity contribution < 1.29 is 24.1 Å². The van der Waals surface area contributed by atoms with Crippen LogP contribution in [0.1, 0.15) is 5.56 Å². The molecule has 28 heavy (non-hydrogen) atoms. The van der Waals surface area contributed by atoms with Gasteiger partial charge >= 0.3 is 0 Å². The topological polar surface area (TPSA) is 56.4 Å². The number of carbonyl (C=O) groups excluding carboxylic acids is 1. The zero-order valence-corrected chi connectivity index (χ0v) is 16.2. The van der Waals surface area contributed by atoms with Gasteiger partial charge in [0.15, 0.2) is 18.0 Å². The van der Waals surface area contributed by atoms with Gasteiger partial charge in [-0.1, -0.05) is 42.5 Å². The van der Waals surface area contributed by atoms with Crippen LogP contribution in [0.2, 0.25) is 0 Å². The summed E-state index contributed by atoms with van der Waals surface area (Å²) in [5.74, 6) is 1.60. The second-order valence-electron chi connectivity index (χ2n) is 7.64. The van der Waals surface area contributed by atoms with Gasteiger partial charge in [-0.25, -0.2) is 0 Å². The van der Waals surface area contributed by atoms with Crippen LogP contribution in [-0.2, 0) is 11.3 Å². The van der Waals surface area contributed by atoms with E-state index in [1.807, 2.05) is 24.3 Å². The average molecular weight is 383 g/mol. The first-order chi connectivity index (χ1) is 13.8. The highest BCUT2D eigenvalue weighted by Gasteiger charge is 2.26. The second kappa shape index (κ2) is 9.08. The van der Waals surface area contributed by atoms with Crippen molar-refractivity contribution in [2.24, 2.45) is 0 Å². The zero-order chi connectivity index (χ0) is 19.2. The van der Waals surface area contributed by atoms with E-state index in [-0.39, 0.29) is 12.0 Å². The highest BCUT2D eigenvalue weighted by atomic mass is 16.6. The summed E-state index contributed by atoms with van der Waals surface area (Å²) in [6.07, 6.45) is -0.138. The lowest BCUT2D eigenvalue weighted by molar-refractivity contribution is -1.02. The number of rotatable bonds is 6. The summed E-state index contributed by atoms with van der Waals surface area (Å²) in [4.78, 5) is 15.3. The van der Waals surface area contributed by atoms with E-state index in [0.29, 0.717) is 19.7 Å². The second-order valence-corrected chi connectivity index (χ2v) is 7.64. The fraction of sp³-hybridized carbons (Fsp3) is 0.409. The third kappa shape index (κ3) is 5.03. The van der Waals surface area contributed by atoms with Crippen LogP contribution in [0.4, 0.5) is 0 Å². The van der Waals surface area contributed by atoms with Crippen molar-refractivity contribution in [1.29, 1.82) is 0 Å². The quantitative estimate of drug-likeness (QED) is 0.595. The molecular formula is C22H29N3O3+2. The normalized spacial score (nSPS) is 23.8. The molecule has 6 heteroatoms. The van der Waals surface area contributed by atoms with Gasteiger partial charge in [0.2, 0.25) is 0 Å². The maximum absolute atomic E-state index is 12.3. The number of ether oxygens (including phenoxy) is 2. The van der Waals surface area contributed by atoms with Crippen molar-refractivity contribution in [2.75, 3.05) is 45.9 Å². The lowest BCUT2D eigenvalue weighted by atomic mass is 10.2. The Balaban J connectivity index is 1.15. The number of carbonyl (C=O) groups is 1. The predicted molar refractivity (Wildman–Crippen MR) is 106 cm³/mol. The smallest absolute Gasteiger partial charge is 0.275 e. The van der Waals surface area contributed by atoms with Crippen molar-refractivity contribution in [3.8, 4) is 11.5 Å². The molecule has 1 amide bonds. The first kappa shape index (κ1) is 18.8. The number of nitrogens with one attached hydrogen (secondary N) is 3. The first-order valence-corrected chi connectivity index (χ1v) is 10.1. The highest BCUT2D eigenvalue weighted by Crippen LogP contribution is 2.30. The van der Waals surface area contributed by atoms with Gasteiger partial charge in [0.1, 0.15) is 45.4 Å². The van der Waals surface area contributed by atoms with Gasteiger partial charge in [-0.15, -0.1) is 0 Å². The van der Waals surface area contributed by atoms with E-state index in [1.54, 1.807) is 4.90 Å². The molecule has 0 aromatic heterocycles. The van der Waals surface area contributed by atoms with E-state index >= 15 is 0 Å². The summed E-state index contributed by atoms with van der Waals surface area (Å²) in [5.41, 5.74) is 1.38. The lowest BCUT2D eigenvalue weighted by Crippen LogP contribution is -3.28. The lowest BCUT2D eigenvalue weighted by Gasteiger charge is -2.30. The molecule has 0 spiro atoms. The fourth-order valence-corrected chi connectivity index (χ4v) is 3.88. The van der Waals surface area contributed by atoms with Gasteiger partial charge in [-0.2, -0.15) is 0 Å². The van der Waals surface area contributed by atoms with Crippen LogP contribution < -0.4 is 24.6 Å². The average Bonchev–Trinajstić information content (AvgIpc) is 2.74. The van der Waals surface area contributed by atoms with Crippen molar-refractivity contribution in [3.63, 3.8) is 0 Å². The molecule has 3 N–H and O–H groups in total. The molecule has 148 valence electrons. The summed E-state index contributed by atoms with van der Waals surface area (Å²) in [6, 6.07) is 18.3. The van der Waals surface area contributed by atoms with Crippen LogP contribution in [0, 0.1) is 0 Å². The summed E-state index contributed by atoms with van der Waals surface area (Å²) in [5, 5.41) is 3.01. The van der Waals surface area contributed by atoms with E-state index in [1.165, 1.54) is 10.5 Å². The minimum Gasteiger partial charge on any atom is -0.486 e. The number of fused-ring (bicyclic) bond motifs is 1. The van der Waals surface area contributed by atoms with E-state index < -0.39 is 0 Å². The molecule has 2 heterocycles. The van der Waals surface area contributed by atoms with Crippen LogP contribution in [0.3, 0.4) is 0 Å². The Morgan fingerprint density at radius 1 is 0.929 bits per heavy atom. The molecule has 1 atom stereocenters. The van der Waals surface area contributed by atoms with Crippen LogP contribution in [0.15, 0.2) is 54.6 Å². The molecule has 0 radical (unpaired) electrons. The number of para-hydroxylation sites is 2. The fourth-order valence-electron chi connectivity index (χ4n) is 3.88. The Bertz CT molecular complexity index is 776. The molecule has 2 aliphatic heterocycles. The SMILES string of the molecule is O=C(C[NH+]1CC[NH+](Cc2ccccc2)CC1)NC[C@H]1COc2ccccc2O1. The molecule has 1 saturated heterocycles. The van der Waals surface area contributed by atoms with Crippen molar-refractivity contribution >= 4 is 5.91 Å². The van der Waals surface area contributed by atoms with Gasteiger partial charge in [-0.3, -0.25) is 4.79 Å². The van der Waals surface area contributed by atoms with Crippen LogP contribution in [0.5, 0.6) is 11.5 Å². The number of amides is 1. The Kier molecular flexibility index (Phi) is 6.09. The van der Waals surface area contributed by atoms with E-state index in [9.17, 15) is 4.79 Å². The third-order valence-electron chi connectivity index (χ3n) is 5.47. The van der Waals surface area contributed by atoms with Crippen LogP contribution >= 0.6 is 0 Å². The Morgan fingerprint density at radius 2 is 1.61 bits per heavy atom.